The van der Waals surface area contributed by atoms with Crippen LogP contribution in [0.2, 0.25) is 5.02 Å². The lowest BCUT2D eigenvalue weighted by Gasteiger charge is -2.35. The molecule has 2 N–H and O–H groups in total. The van der Waals surface area contributed by atoms with Gasteiger partial charge in [0.2, 0.25) is 0 Å². The number of fused-ring (bicyclic) bond motifs is 2. The molecule has 0 radical (unpaired) electrons. The van der Waals surface area contributed by atoms with Crippen LogP contribution in [0, 0.1) is 11.6 Å². The number of aromatic nitrogens is 1. The molecular formula is C34H35ClF2N4O5S. The van der Waals surface area contributed by atoms with Gasteiger partial charge in [0.1, 0.15) is 28.7 Å². The molecule has 3 amide bonds. The van der Waals surface area contributed by atoms with Crippen LogP contribution in [0.5, 0.6) is 0 Å². The molecule has 9 nitrogen and oxygen atoms in total. The molecule has 0 bridgehead atoms. The quantitative estimate of drug-likeness (QED) is 0.217. The highest BCUT2D eigenvalue weighted by Crippen LogP contribution is 2.45. The predicted octanol–water partition coefficient (Wildman–Crippen LogP) is 9.35. The van der Waals surface area contributed by atoms with Gasteiger partial charge in [-0.2, -0.15) is 0 Å². The SMILES string of the molecule is CC(c1cccnc1NC(=O)OC(C)(C)C)N1CCc2c(cc(F)c(-c3c(F)ccc4sc(NC(=O)OC(C)(C)C)cc34)c2Cl)C1=O. The lowest BCUT2D eigenvalue weighted by atomic mass is 9.91. The number of ether oxygens (including phenoxy) is 2. The van der Waals surface area contributed by atoms with Gasteiger partial charge in [0.15, 0.2) is 0 Å². The third-order valence-corrected chi connectivity index (χ3v) is 8.75. The number of pyridine rings is 1. The van der Waals surface area contributed by atoms with Gasteiger partial charge in [0.05, 0.1) is 16.1 Å². The molecule has 1 unspecified atom stereocenters. The first-order valence-electron chi connectivity index (χ1n) is 14.9. The second-order valence-corrected chi connectivity index (χ2v) is 14.6. The molecular weight excluding hydrogens is 650 g/mol. The van der Waals surface area contributed by atoms with Gasteiger partial charge >= 0.3 is 12.2 Å². The summed E-state index contributed by atoms with van der Waals surface area (Å²) in [5.74, 6) is -1.83. The highest BCUT2D eigenvalue weighted by atomic mass is 35.5. The summed E-state index contributed by atoms with van der Waals surface area (Å²) in [5, 5.41) is 5.97. The van der Waals surface area contributed by atoms with Crippen LogP contribution < -0.4 is 10.6 Å². The molecule has 1 aliphatic rings. The molecule has 248 valence electrons. The Morgan fingerprint density at radius 2 is 1.64 bits per heavy atom. The Labute approximate surface area is 280 Å². The molecule has 13 heteroatoms. The Kier molecular flexibility index (Phi) is 9.22. The van der Waals surface area contributed by atoms with Crippen molar-refractivity contribution in [2.45, 2.75) is 72.1 Å². The minimum Gasteiger partial charge on any atom is -0.444 e. The summed E-state index contributed by atoms with van der Waals surface area (Å²) >= 11 is 7.99. The van der Waals surface area contributed by atoms with Crippen molar-refractivity contribution in [3.05, 3.63) is 75.9 Å². The van der Waals surface area contributed by atoms with Gasteiger partial charge in [-0.15, -0.1) is 11.3 Å². The van der Waals surface area contributed by atoms with Crippen LogP contribution in [0.1, 0.15) is 76.0 Å². The van der Waals surface area contributed by atoms with Crippen molar-refractivity contribution in [1.29, 1.82) is 0 Å². The number of rotatable bonds is 5. The second-order valence-electron chi connectivity index (χ2n) is 13.1. The number of carbonyl (C=O) groups is 3. The molecule has 2 aromatic heterocycles. The van der Waals surface area contributed by atoms with Gasteiger partial charge in [-0.25, -0.2) is 23.4 Å². The van der Waals surface area contributed by atoms with Crippen molar-refractivity contribution < 1.29 is 32.6 Å². The fourth-order valence-electron chi connectivity index (χ4n) is 5.41. The minimum atomic E-state index is -0.871. The monoisotopic (exact) mass is 684 g/mol. The normalized spacial score (nSPS) is 14.1. The number of thiophene rings is 1. The van der Waals surface area contributed by atoms with Gasteiger partial charge in [0.25, 0.3) is 5.91 Å². The van der Waals surface area contributed by atoms with Crippen LogP contribution in [0.3, 0.4) is 0 Å². The second kappa shape index (κ2) is 12.7. The summed E-state index contributed by atoms with van der Waals surface area (Å²) in [7, 11) is 0. The standard InChI is InChI=1S/C34H35ClF2N4O5S/c1-17(18-9-8-13-38-29(18)40-32(44)46-34(5,6)7)41-14-12-19-20(30(41)42)15-23(37)27(28(19)35)26-21-16-25(39-31(43)45-33(2,3)4)47-24(21)11-10-22(26)36/h8-11,13,15-17H,12,14H2,1-7H3,(H,39,43)(H,38,40,44). The van der Waals surface area contributed by atoms with E-state index in [9.17, 15) is 14.4 Å². The zero-order chi connectivity index (χ0) is 34.4. The van der Waals surface area contributed by atoms with Crippen molar-refractivity contribution >= 4 is 61.9 Å². The van der Waals surface area contributed by atoms with E-state index in [2.05, 4.69) is 15.6 Å². The molecule has 47 heavy (non-hydrogen) atoms. The number of halogens is 3. The summed E-state index contributed by atoms with van der Waals surface area (Å²) in [5.41, 5.74) is -0.673. The summed E-state index contributed by atoms with van der Waals surface area (Å²) in [6.45, 7) is 12.4. The van der Waals surface area contributed by atoms with Crippen LogP contribution in [0.4, 0.5) is 29.2 Å². The third-order valence-electron chi connectivity index (χ3n) is 7.31. The molecule has 1 atom stereocenters. The van der Waals surface area contributed by atoms with Crippen molar-refractivity contribution in [3.8, 4) is 11.1 Å². The third kappa shape index (κ3) is 7.33. The number of amides is 3. The molecule has 3 heterocycles. The van der Waals surface area contributed by atoms with Gasteiger partial charge in [-0.3, -0.25) is 15.4 Å². The smallest absolute Gasteiger partial charge is 0.413 e. The van der Waals surface area contributed by atoms with Gasteiger partial charge in [0, 0.05) is 45.1 Å². The average molecular weight is 685 g/mol. The van der Waals surface area contributed by atoms with E-state index >= 15 is 8.78 Å². The van der Waals surface area contributed by atoms with Crippen molar-refractivity contribution in [3.63, 3.8) is 0 Å². The molecule has 1 aliphatic heterocycles. The largest absolute Gasteiger partial charge is 0.444 e. The molecule has 0 spiro atoms. The Bertz CT molecular complexity index is 1900. The molecule has 2 aromatic carbocycles. The number of hydrogen-bond acceptors (Lipinski definition) is 7. The minimum absolute atomic E-state index is 0.0603. The number of nitrogens with one attached hydrogen (secondary N) is 2. The number of benzene rings is 2. The van der Waals surface area contributed by atoms with Crippen LogP contribution in [0.15, 0.2) is 42.6 Å². The van der Waals surface area contributed by atoms with E-state index in [1.54, 1.807) is 71.6 Å². The zero-order valence-electron chi connectivity index (χ0n) is 27.0. The van der Waals surface area contributed by atoms with Gasteiger partial charge in [-0.05, 0) is 90.8 Å². The van der Waals surface area contributed by atoms with Gasteiger partial charge in [-0.1, -0.05) is 17.7 Å². The van der Waals surface area contributed by atoms with Crippen molar-refractivity contribution in [1.82, 2.24) is 9.88 Å². The summed E-state index contributed by atoms with van der Waals surface area (Å²) in [6.07, 6.45) is 0.401. The van der Waals surface area contributed by atoms with Crippen molar-refractivity contribution in [2.24, 2.45) is 0 Å². The number of hydrogen-bond donors (Lipinski definition) is 2. The van der Waals surface area contributed by atoms with Crippen molar-refractivity contribution in [2.75, 3.05) is 17.2 Å². The lowest BCUT2D eigenvalue weighted by molar-refractivity contribution is 0.0623. The fourth-order valence-corrected chi connectivity index (χ4v) is 6.75. The predicted molar refractivity (Wildman–Crippen MR) is 179 cm³/mol. The molecule has 5 rings (SSSR count). The Balaban J connectivity index is 1.47. The van der Waals surface area contributed by atoms with E-state index < -0.39 is 47.0 Å². The van der Waals surface area contributed by atoms with E-state index in [0.717, 1.165) is 6.07 Å². The van der Waals surface area contributed by atoms with E-state index in [1.165, 1.54) is 29.7 Å². The first-order valence-corrected chi connectivity index (χ1v) is 16.1. The highest BCUT2D eigenvalue weighted by molar-refractivity contribution is 7.23. The van der Waals surface area contributed by atoms with Crippen LogP contribution >= 0.6 is 22.9 Å². The highest BCUT2D eigenvalue weighted by Gasteiger charge is 2.34. The van der Waals surface area contributed by atoms with Crippen LogP contribution in [0.25, 0.3) is 21.2 Å². The van der Waals surface area contributed by atoms with E-state index in [1.807, 2.05) is 0 Å². The summed E-state index contributed by atoms with van der Waals surface area (Å²) in [6, 6.07) is 8.24. The number of nitrogens with zero attached hydrogens (tertiary/aromatic N) is 2. The molecule has 4 aromatic rings. The molecule has 0 fully saturated rings. The average Bonchev–Trinajstić information content (AvgIpc) is 3.35. The number of carbonyl (C=O) groups excluding carboxylic acids is 3. The summed E-state index contributed by atoms with van der Waals surface area (Å²) in [4.78, 5) is 44.5. The first-order chi connectivity index (χ1) is 21.9. The van der Waals surface area contributed by atoms with Gasteiger partial charge < -0.3 is 14.4 Å². The first kappa shape index (κ1) is 34.1. The summed E-state index contributed by atoms with van der Waals surface area (Å²) < 4.78 is 42.8. The maximum absolute atomic E-state index is 16.0. The van der Waals surface area contributed by atoms with E-state index in [4.69, 9.17) is 21.1 Å². The lowest BCUT2D eigenvalue weighted by Crippen LogP contribution is -2.40. The molecule has 0 saturated carbocycles. The molecule has 0 aliphatic carbocycles. The number of anilines is 2. The Morgan fingerprint density at radius 3 is 2.30 bits per heavy atom. The van der Waals surface area contributed by atoms with E-state index in [-0.39, 0.29) is 40.5 Å². The van der Waals surface area contributed by atoms with Crippen LogP contribution in [-0.2, 0) is 15.9 Å². The fraction of sp³-hybridized carbons (Fsp3) is 0.353. The Morgan fingerprint density at radius 1 is 0.979 bits per heavy atom. The maximum Gasteiger partial charge on any atom is 0.413 e. The maximum atomic E-state index is 16.0. The topological polar surface area (TPSA) is 110 Å². The van der Waals surface area contributed by atoms with E-state index in [0.29, 0.717) is 26.2 Å². The molecule has 0 saturated heterocycles. The Hall–Kier alpha value is -4.29. The zero-order valence-corrected chi connectivity index (χ0v) is 28.6. The van der Waals surface area contributed by atoms with Crippen LogP contribution in [-0.4, -0.2) is 45.7 Å².